The van der Waals surface area contributed by atoms with Gasteiger partial charge in [0.25, 0.3) is 0 Å². The number of piperidine rings is 1. The molecule has 0 aromatic heterocycles. The maximum absolute atomic E-state index is 11.3. The Kier molecular flexibility index (Phi) is 4.13. The fraction of sp³-hybridized carbons (Fsp3) is 0.462. The van der Waals surface area contributed by atoms with Gasteiger partial charge in [-0.05, 0) is 49.5 Å². The summed E-state index contributed by atoms with van der Waals surface area (Å²) in [5, 5.41) is 3.36. The lowest BCUT2D eigenvalue weighted by atomic mass is 9.82. The van der Waals surface area contributed by atoms with Crippen LogP contribution >= 0.6 is 15.9 Å². The van der Waals surface area contributed by atoms with Crippen LogP contribution in [0.3, 0.4) is 0 Å². The molecule has 1 aliphatic rings. The first kappa shape index (κ1) is 11.8. The van der Waals surface area contributed by atoms with Crippen LogP contribution in [0.5, 0.6) is 0 Å². The molecule has 2 atom stereocenters. The van der Waals surface area contributed by atoms with Gasteiger partial charge in [0.1, 0.15) is 6.29 Å². The summed E-state index contributed by atoms with van der Waals surface area (Å²) >= 11 is 3.41. The van der Waals surface area contributed by atoms with Gasteiger partial charge in [-0.15, -0.1) is 0 Å². The molecule has 86 valence electrons. The van der Waals surface area contributed by atoms with Crippen LogP contribution in [0.25, 0.3) is 0 Å². The predicted octanol–water partition coefficient (Wildman–Crippen LogP) is 2.73. The standard InChI is InChI=1S/C13H16BrNO/c14-12-5-3-10(4-6-12)13(9-16)11-2-1-7-15-8-11/h3-6,9,11,13,15H,1-2,7-8H2. The third-order valence-corrected chi connectivity index (χ3v) is 3.77. The molecule has 3 heteroatoms. The van der Waals surface area contributed by atoms with E-state index in [9.17, 15) is 4.79 Å². The maximum Gasteiger partial charge on any atom is 0.127 e. The van der Waals surface area contributed by atoms with Crippen LogP contribution in [0, 0.1) is 5.92 Å². The van der Waals surface area contributed by atoms with Gasteiger partial charge >= 0.3 is 0 Å². The van der Waals surface area contributed by atoms with Gasteiger partial charge in [0.15, 0.2) is 0 Å². The second-order valence-electron chi connectivity index (χ2n) is 4.32. The Morgan fingerprint density at radius 1 is 1.38 bits per heavy atom. The summed E-state index contributed by atoms with van der Waals surface area (Å²) in [5.41, 5.74) is 1.13. The maximum atomic E-state index is 11.3. The zero-order valence-corrected chi connectivity index (χ0v) is 10.7. The number of nitrogens with one attached hydrogen (secondary N) is 1. The molecule has 2 nitrogen and oxygen atoms in total. The predicted molar refractivity (Wildman–Crippen MR) is 68.5 cm³/mol. The first-order valence-corrected chi connectivity index (χ1v) is 6.52. The second kappa shape index (κ2) is 5.60. The molecule has 0 spiro atoms. The van der Waals surface area contributed by atoms with E-state index in [-0.39, 0.29) is 5.92 Å². The fourth-order valence-electron chi connectivity index (χ4n) is 2.33. The van der Waals surface area contributed by atoms with Crippen LogP contribution in [0.2, 0.25) is 0 Å². The highest BCUT2D eigenvalue weighted by molar-refractivity contribution is 9.10. The summed E-state index contributed by atoms with van der Waals surface area (Å²) < 4.78 is 1.06. The van der Waals surface area contributed by atoms with Crippen molar-refractivity contribution in [2.45, 2.75) is 18.8 Å². The van der Waals surface area contributed by atoms with Gasteiger partial charge in [-0.25, -0.2) is 0 Å². The average molecular weight is 282 g/mol. The highest BCUT2D eigenvalue weighted by atomic mass is 79.9. The Bertz CT molecular complexity index is 343. The Morgan fingerprint density at radius 2 is 2.12 bits per heavy atom. The summed E-state index contributed by atoms with van der Waals surface area (Å²) in [6.45, 7) is 2.04. The van der Waals surface area contributed by atoms with Crippen LogP contribution < -0.4 is 5.32 Å². The summed E-state index contributed by atoms with van der Waals surface area (Å²) in [6.07, 6.45) is 3.42. The lowest BCUT2D eigenvalue weighted by Crippen LogP contribution is -2.33. The molecular formula is C13H16BrNO. The van der Waals surface area contributed by atoms with Crippen molar-refractivity contribution in [1.82, 2.24) is 5.32 Å². The molecule has 1 aromatic carbocycles. The van der Waals surface area contributed by atoms with E-state index in [2.05, 4.69) is 21.2 Å². The largest absolute Gasteiger partial charge is 0.316 e. The monoisotopic (exact) mass is 281 g/mol. The molecule has 1 aliphatic heterocycles. The van der Waals surface area contributed by atoms with E-state index in [0.29, 0.717) is 5.92 Å². The third-order valence-electron chi connectivity index (χ3n) is 3.24. The Hall–Kier alpha value is -0.670. The highest BCUT2D eigenvalue weighted by Crippen LogP contribution is 2.28. The van der Waals surface area contributed by atoms with Crippen molar-refractivity contribution >= 4 is 22.2 Å². The van der Waals surface area contributed by atoms with Crippen LogP contribution in [-0.4, -0.2) is 19.4 Å². The highest BCUT2D eigenvalue weighted by Gasteiger charge is 2.24. The molecule has 2 unspecified atom stereocenters. The second-order valence-corrected chi connectivity index (χ2v) is 5.24. The summed E-state index contributed by atoms with van der Waals surface area (Å²) in [6, 6.07) is 8.08. The first-order valence-electron chi connectivity index (χ1n) is 5.72. The minimum atomic E-state index is 0.0425. The normalized spacial score (nSPS) is 22.7. The smallest absolute Gasteiger partial charge is 0.127 e. The number of hydrogen-bond acceptors (Lipinski definition) is 2. The van der Waals surface area contributed by atoms with E-state index < -0.39 is 0 Å². The third kappa shape index (κ3) is 2.71. The molecule has 1 N–H and O–H groups in total. The quantitative estimate of drug-likeness (QED) is 0.864. The van der Waals surface area contributed by atoms with Crippen molar-refractivity contribution in [3.8, 4) is 0 Å². The van der Waals surface area contributed by atoms with Gasteiger partial charge in [0.05, 0.1) is 0 Å². The van der Waals surface area contributed by atoms with Crippen molar-refractivity contribution in [2.24, 2.45) is 5.92 Å². The van der Waals surface area contributed by atoms with Crippen LogP contribution in [0.1, 0.15) is 24.3 Å². The van der Waals surface area contributed by atoms with Crippen molar-refractivity contribution in [3.63, 3.8) is 0 Å². The topological polar surface area (TPSA) is 29.1 Å². The van der Waals surface area contributed by atoms with Gasteiger partial charge in [-0.3, -0.25) is 0 Å². The molecule has 1 saturated heterocycles. The molecule has 1 heterocycles. The summed E-state index contributed by atoms with van der Waals surface area (Å²) in [5.74, 6) is 0.494. The number of rotatable bonds is 3. The number of carbonyl (C=O) groups excluding carboxylic acids is 1. The van der Waals surface area contributed by atoms with Crippen LogP contribution in [0.4, 0.5) is 0 Å². The first-order chi connectivity index (χ1) is 7.81. The zero-order chi connectivity index (χ0) is 11.4. The molecule has 2 rings (SSSR count). The fourth-order valence-corrected chi connectivity index (χ4v) is 2.60. The van der Waals surface area contributed by atoms with Gasteiger partial charge in [-0.1, -0.05) is 28.1 Å². The molecule has 0 bridgehead atoms. The molecule has 0 amide bonds. The van der Waals surface area contributed by atoms with Gasteiger partial charge in [0.2, 0.25) is 0 Å². The Morgan fingerprint density at radius 3 is 2.69 bits per heavy atom. The summed E-state index contributed by atoms with van der Waals surface area (Å²) in [7, 11) is 0. The molecule has 0 saturated carbocycles. The van der Waals surface area contributed by atoms with Gasteiger partial charge in [-0.2, -0.15) is 0 Å². The molecule has 0 radical (unpaired) electrons. The molecule has 0 aliphatic carbocycles. The Balaban J connectivity index is 2.14. The molecule has 1 aromatic rings. The van der Waals surface area contributed by atoms with Crippen molar-refractivity contribution < 1.29 is 4.79 Å². The lowest BCUT2D eigenvalue weighted by Gasteiger charge is -2.27. The van der Waals surface area contributed by atoms with Crippen molar-refractivity contribution in [1.29, 1.82) is 0 Å². The number of benzene rings is 1. The summed E-state index contributed by atoms with van der Waals surface area (Å²) in [4.78, 5) is 11.3. The van der Waals surface area contributed by atoms with E-state index in [1.165, 1.54) is 6.42 Å². The van der Waals surface area contributed by atoms with E-state index in [1.54, 1.807) is 0 Å². The van der Waals surface area contributed by atoms with E-state index in [1.807, 2.05) is 24.3 Å². The minimum absolute atomic E-state index is 0.0425. The lowest BCUT2D eigenvalue weighted by molar-refractivity contribution is -0.110. The van der Waals surface area contributed by atoms with Crippen LogP contribution in [0.15, 0.2) is 28.7 Å². The zero-order valence-electron chi connectivity index (χ0n) is 9.16. The van der Waals surface area contributed by atoms with E-state index in [4.69, 9.17) is 0 Å². The van der Waals surface area contributed by atoms with E-state index in [0.717, 1.165) is 35.8 Å². The van der Waals surface area contributed by atoms with E-state index >= 15 is 0 Å². The van der Waals surface area contributed by atoms with Gasteiger partial charge < -0.3 is 10.1 Å². The molecular weight excluding hydrogens is 266 g/mol. The SMILES string of the molecule is O=CC(c1ccc(Br)cc1)C1CCCNC1. The van der Waals surface area contributed by atoms with Crippen molar-refractivity contribution in [2.75, 3.05) is 13.1 Å². The minimum Gasteiger partial charge on any atom is -0.316 e. The number of halogens is 1. The number of hydrogen-bond donors (Lipinski definition) is 1. The number of carbonyl (C=O) groups is 1. The van der Waals surface area contributed by atoms with Crippen LogP contribution in [-0.2, 0) is 4.79 Å². The Labute approximate surface area is 105 Å². The van der Waals surface area contributed by atoms with Gasteiger partial charge in [0, 0.05) is 10.4 Å². The molecule has 16 heavy (non-hydrogen) atoms. The molecule has 1 fully saturated rings. The van der Waals surface area contributed by atoms with Crippen molar-refractivity contribution in [3.05, 3.63) is 34.3 Å². The number of aldehydes is 1. The average Bonchev–Trinajstić information content (AvgIpc) is 2.34.